The predicted octanol–water partition coefficient (Wildman–Crippen LogP) is 1.74. The summed E-state index contributed by atoms with van der Waals surface area (Å²) in [6.45, 7) is 4.81. The maximum absolute atomic E-state index is 13.2. The Bertz CT molecular complexity index is 596. The van der Waals surface area contributed by atoms with Gasteiger partial charge in [-0.2, -0.15) is 9.57 Å². The molecule has 0 spiro atoms. The van der Waals surface area contributed by atoms with Crippen LogP contribution < -0.4 is 0 Å². The molecule has 0 aliphatic heterocycles. The van der Waals surface area contributed by atoms with Crippen LogP contribution >= 0.6 is 0 Å². The Labute approximate surface area is 118 Å². The Kier molecular flexibility index (Phi) is 6.07. The molecule has 0 aliphatic carbocycles. The van der Waals surface area contributed by atoms with Crippen LogP contribution in [0.3, 0.4) is 0 Å². The minimum atomic E-state index is -3.75. The molecular formula is C13H17FN2O3S. The number of ether oxygens (including phenoxy) is 1. The number of halogens is 1. The quantitative estimate of drug-likeness (QED) is 0.719. The van der Waals surface area contributed by atoms with Crippen molar-refractivity contribution >= 4 is 10.0 Å². The third-order valence-corrected chi connectivity index (χ3v) is 4.71. The maximum atomic E-state index is 13.2. The first-order chi connectivity index (χ1) is 9.47. The molecule has 0 N–H and O–H groups in total. The van der Waals surface area contributed by atoms with Crippen molar-refractivity contribution in [3.8, 4) is 6.07 Å². The van der Waals surface area contributed by atoms with Gasteiger partial charge < -0.3 is 4.74 Å². The van der Waals surface area contributed by atoms with E-state index in [1.54, 1.807) is 13.0 Å². The Morgan fingerprint density at radius 2 is 2.10 bits per heavy atom. The first-order valence-corrected chi connectivity index (χ1v) is 7.68. The van der Waals surface area contributed by atoms with Crippen molar-refractivity contribution in [2.75, 3.05) is 26.3 Å². The van der Waals surface area contributed by atoms with Gasteiger partial charge in [-0.05, 0) is 25.1 Å². The molecule has 7 heteroatoms. The number of benzene rings is 1. The summed E-state index contributed by atoms with van der Waals surface area (Å²) in [6, 6.07) is 4.83. The molecule has 0 saturated heterocycles. The summed E-state index contributed by atoms with van der Waals surface area (Å²) < 4.78 is 44.4. The van der Waals surface area contributed by atoms with Crippen molar-refractivity contribution in [2.24, 2.45) is 0 Å². The molecule has 0 fully saturated rings. The molecule has 0 unspecified atom stereocenters. The van der Waals surface area contributed by atoms with Gasteiger partial charge in [0.1, 0.15) is 11.9 Å². The normalized spacial score (nSPS) is 11.6. The van der Waals surface area contributed by atoms with Gasteiger partial charge in [0.25, 0.3) is 0 Å². The van der Waals surface area contributed by atoms with Crippen molar-refractivity contribution in [2.45, 2.75) is 18.7 Å². The molecule has 0 saturated carbocycles. The zero-order valence-corrected chi connectivity index (χ0v) is 12.3. The van der Waals surface area contributed by atoms with Crippen LogP contribution in [-0.2, 0) is 14.8 Å². The fourth-order valence-corrected chi connectivity index (χ4v) is 3.12. The number of hydrogen-bond acceptors (Lipinski definition) is 4. The highest BCUT2D eigenvalue weighted by molar-refractivity contribution is 7.89. The van der Waals surface area contributed by atoms with Crippen LogP contribution in [0, 0.1) is 17.1 Å². The zero-order chi connectivity index (χ0) is 15.2. The molecule has 5 nitrogen and oxygen atoms in total. The minimum Gasteiger partial charge on any atom is -0.380 e. The highest BCUT2D eigenvalue weighted by atomic mass is 32.2. The summed E-state index contributed by atoms with van der Waals surface area (Å²) in [5.41, 5.74) is -0.285. The Morgan fingerprint density at radius 3 is 2.65 bits per heavy atom. The molecule has 0 bridgehead atoms. The summed E-state index contributed by atoms with van der Waals surface area (Å²) in [5.74, 6) is -0.733. The van der Waals surface area contributed by atoms with Gasteiger partial charge in [-0.25, -0.2) is 12.8 Å². The van der Waals surface area contributed by atoms with Gasteiger partial charge in [-0.15, -0.1) is 0 Å². The molecule has 0 atom stereocenters. The van der Waals surface area contributed by atoms with E-state index < -0.39 is 15.8 Å². The van der Waals surface area contributed by atoms with Crippen molar-refractivity contribution in [3.05, 3.63) is 29.6 Å². The lowest BCUT2D eigenvalue weighted by molar-refractivity contribution is 0.135. The lowest BCUT2D eigenvalue weighted by Crippen LogP contribution is -2.34. The highest BCUT2D eigenvalue weighted by Gasteiger charge is 2.23. The summed E-state index contributed by atoms with van der Waals surface area (Å²) in [6.07, 6.45) is 0. The average molecular weight is 300 g/mol. The van der Waals surface area contributed by atoms with E-state index in [0.717, 1.165) is 18.2 Å². The van der Waals surface area contributed by atoms with Crippen LogP contribution in [0.15, 0.2) is 23.1 Å². The van der Waals surface area contributed by atoms with Gasteiger partial charge in [-0.3, -0.25) is 0 Å². The fraction of sp³-hybridized carbons (Fsp3) is 0.462. The number of likely N-dealkylation sites (N-methyl/N-ethyl adjacent to an activating group) is 1. The van der Waals surface area contributed by atoms with E-state index in [1.165, 1.54) is 4.31 Å². The zero-order valence-electron chi connectivity index (χ0n) is 11.5. The monoisotopic (exact) mass is 300 g/mol. The average Bonchev–Trinajstić information content (AvgIpc) is 2.43. The van der Waals surface area contributed by atoms with E-state index >= 15 is 0 Å². The molecule has 1 aromatic rings. The predicted molar refractivity (Wildman–Crippen MR) is 72.0 cm³/mol. The third-order valence-electron chi connectivity index (χ3n) is 2.74. The molecule has 0 aromatic heterocycles. The smallest absolute Gasteiger partial charge is 0.243 e. The second-order valence-corrected chi connectivity index (χ2v) is 5.89. The first kappa shape index (κ1) is 16.6. The minimum absolute atomic E-state index is 0.0891. The van der Waals surface area contributed by atoms with Crippen molar-refractivity contribution in [3.63, 3.8) is 0 Å². The van der Waals surface area contributed by atoms with Crippen LogP contribution in [0.1, 0.15) is 19.4 Å². The second kappa shape index (κ2) is 7.33. The van der Waals surface area contributed by atoms with Crippen LogP contribution in [0.4, 0.5) is 4.39 Å². The number of nitriles is 1. The Balaban J connectivity index is 3.05. The fourth-order valence-electron chi connectivity index (χ4n) is 1.66. The number of hydrogen-bond donors (Lipinski definition) is 0. The van der Waals surface area contributed by atoms with E-state index in [1.807, 2.05) is 6.92 Å². The van der Waals surface area contributed by atoms with Crippen LogP contribution in [0.5, 0.6) is 0 Å². The van der Waals surface area contributed by atoms with Crippen molar-refractivity contribution < 1.29 is 17.5 Å². The number of sulfonamides is 1. The lowest BCUT2D eigenvalue weighted by atomic mass is 10.2. The van der Waals surface area contributed by atoms with Gasteiger partial charge in [0.05, 0.1) is 17.1 Å². The molecule has 1 aromatic carbocycles. The molecular weight excluding hydrogens is 283 g/mol. The molecule has 110 valence electrons. The number of rotatable bonds is 7. The van der Waals surface area contributed by atoms with Crippen molar-refractivity contribution in [1.82, 2.24) is 4.31 Å². The lowest BCUT2D eigenvalue weighted by Gasteiger charge is -2.20. The van der Waals surface area contributed by atoms with Crippen molar-refractivity contribution in [1.29, 1.82) is 5.26 Å². The van der Waals surface area contributed by atoms with Gasteiger partial charge in [0.15, 0.2) is 0 Å². The van der Waals surface area contributed by atoms with E-state index in [2.05, 4.69) is 0 Å². The standard InChI is InChI=1S/C13H17FN2O3S/c1-3-16(7-8-19-4-2)20(17,18)12-5-6-13(14)11(9-12)10-15/h5-6,9H,3-4,7-8H2,1-2H3. The summed E-state index contributed by atoms with van der Waals surface area (Å²) in [5, 5.41) is 8.76. The second-order valence-electron chi connectivity index (χ2n) is 3.95. The SMILES string of the molecule is CCOCCN(CC)S(=O)(=O)c1ccc(F)c(C#N)c1. The molecule has 20 heavy (non-hydrogen) atoms. The third kappa shape index (κ3) is 3.76. The topological polar surface area (TPSA) is 70.4 Å². The summed E-state index contributed by atoms with van der Waals surface area (Å²) in [4.78, 5) is -0.0891. The van der Waals surface area contributed by atoms with Gasteiger partial charge in [0.2, 0.25) is 10.0 Å². The molecule has 1 rings (SSSR count). The van der Waals surface area contributed by atoms with Gasteiger partial charge in [0, 0.05) is 19.7 Å². The molecule has 0 aliphatic rings. The largest absolute Gasteiger partial charge is 0.380 e. The first-order valence-electron chi connectivity index (χ1n) is 6.24. The van der Waals surface area contributed by atoms with Gasteiger partial charge in [-0.1, -0.05) is 6.92 Å². The van der Waals surface area contributed by atoms with Crippen LogP contribution in [-0.4, -0.2) is 39.0 Å². The van der Waals surface area contributed by atoms with Gasteiger partial charge >= 0.3 is 0 Å². The van der Waals surface area contributed by atoms with E-state index in [9.17, 15) is 12.8 Å². The highest BCUT2D eigenvalue weighted by Crippen LogP contribution is 2.18. The molecule has 0 heterocycles. The summed E-state index contributed by atoms with van der Waals surface area (Å²) in [7, 11) is -3.75. The maximum Gasteiger partial charge on any atom is 0.243 e. The van der Waals surface area contributed by atoms with E-state index in [4.69, 9.17) is 10.00 Å². The van der Waals surface area contributed by atoms with Crippen LogP contribution in [0.25, 0.3) is 0 Å². The Hall–Kier alpha value is -1.49. The molecule has 0 radical (unpaired) electrons. The van der Waals surface area contributed by atoms with Crippen LogP contribution in [0.2, 0.25) is 0 Å². The number of nitrogens with zero attached hydrogens (tertiary/aromatic N) is 2. The molecule has 0 amide bonds. The summed E-state index contributed by atoms with van der Waals surface area (Å²) >= 11 is 0. The Morgan fingerprint density at radius 1 is 1.40 bits per heavy atom. The van der Waals surface area contributed by atoms with E-state index in [0.29, 0.717) is 6.61 Å². The van der Waals surface area contributed by atoms with E-state index in [-0.39, 0.29) is 30.2 Å².